The van der Waals surface area contributed by atoms with E-state index in [2.05, 4.69) is 28.7 Å². The van der Waals surface area contributed by atoms with Gasteiger partial charge in [-0.2, -0.15) is 0 Å². The molecule has 0 radical (unpaired) electrons. The number of nitrogens with zero attached hydrogens (tertiary/aromatic N) is 2. The van der Waals surface area contributed by atoms with Crippen LogP contribution in [0.1, 0.15) is 38.9 Å². The van der Waals surface area contributed by atoms with Gasteiger partial charge in [0.15, 0.2) is 0 Å². The van der Waals surface area contributed by atoms with Crippen molar-refractivity contribution in [3.05, 3.63) is 24.0 Å². The third kappa shape index (κ3) is 2.91. The highest BCUT2D eigenvalue weighted by Gasteiger charge is 2.34. The second-order valence-electron chi connectivity index (χ2n) is 6.44. The molecule has 2 heterocycles. The number of nitrogens with two attached hydrogens (primary N) is 1. The number of H-pyrrole nitrogens is 1. The van der Waals surface area contributed by atoms with E-state index in [1.807, 2.05) is 18.2 Å². The lowest BCUT2D eigenvalue weighted by atomic mass is 9.82. The van der Waals surface area contributed by atoms with Crippen LogP contribution in [0.2, 0.25) is 0 Å². The molecule has 114 valence electrons. The van der Waals surface area contributed by atoms with Gasteiger partial charge in [0.2, 0.25) is 0 Å². The Balaban J connectivity index is 1.62. The number of nitrogens with one attached hydrogen (secondary N) is 1. The highest BCUT2D eigenvalue weighted by atomic mass is 15.2. The maximum atomic E-state index is 5.81. The summed E-state index contributed by atoms with van der Waals surface area (Å²) in [6.07, 6.45) is 4.92. The van der Waals surface area contributed by atoms with E-state index in [4.69, 9.17) is 5.73 Å². The predicted molar refractivity (Wildman–Crippen MR) is 88.3 cm³/mol. The van der Waals surface area contributed by atoms with Gasteiger partial charge in [0, 0.05) is 25.2 Å². The number of benzene rings is 1. The molecular weight excluding hydrogens is 260 g/mol. The average Bonchev–Trinajstić information content (AvgIpc) is 3.08. The van der Waals surface area contributed by atoms with Gasteiger partial charge in [-0.15, -0.1) is 0 Å². The Hall–Kier alpha value is -1.55. The van der Waals surface area contributed by atoms with Crippen LogP contribution in [0.25, 0.3) is 11.0 Å². The lowest BCUT2D eigenvalue weighted by Crippen LogP contribution is -2.28. The molecule has 0 bridgehead atoms. The molecule has 1 aliphatic heterocycles. The number of aromatic amines is 1. The van der Waals surface area contributed by atoms with Crippen LogP contribution in [0.15, 0.2) is 18.2 Å². The molecular formula is C17H26N4. The Morgan fingerprint density at radius 2 is 2.14 bits per heavy atom. The number of imidazole rings is 1. The third-order valence-corrected chi connectivity index (χ3v) is 5.24. The van der Waals surface area contributed by atoms with Crippen molar-refractivity contribution >= 4 is 16.7 Å². The molecule has 0 spiro atoms. The minimum Gasteiger partial charge on any atom is -0.399 e. The molecule has 0 amide bonds. The van der Waals surface area contributed by atoms with Gasteiger partial charge in [0.05, 0.1) is 11.0 Å². The summed E-state index contributed by atoms with van der Waals surface area (Å²) in [4.78, 5) is 10.6. The van der Waals surface area contributed by atoms with Gasteiger partial charge in [-0.3, -0.25) is 0 Å². The normalized spacial score (nSPS) is 18.6. The summed E-state index contributed by atoms with van der Waals surface area (Å²) >= 11 is 0. The van der Waals surface area contributed by atoms with Crippen molar-refractivity contribution in [3.8, 4) is 0 Å². The SMILES string of the molecule is CCC1(CC)CCN(CCc2nc3ccc(N)cc3[nH]2)C1. The maximum absolute atomic E-state index is 5.81. The Kier molecular flexibility index (Phi) is 3.89. The topological polar surface area (TPSA) is 57.9 Å². The van der Waals surface area contributed by atoms with Crippen LogP contribution in [0.3, 0.4) is 0 Å². The Labute approximate surface area is 126 Å². The van der Waals surface area contributed by atoms with Crippen molar-refractivity contribution in [2.45, 2.75) is 39.5 Å². The summed E-state index contributed by atoms with van der Waals surface area (Å²) in [6, 6.07) is 5.85. The number of hydrogen-bond donors (Lipinski definition) is 2. The van der Waals surface area contributed by atoms with Gasteiger partial charge in [-0.1, -0.05) is 13.8 Å². The lowest BCUT2D eigenvalue weighted by molar-refractivity contribution is 0.241. The number of nitrogen functional groups attached to an aromatic ring is 1. The van der Waals surface area contributed by atoms with Crippen molar-refractivity contribution in [1.29, 1.82) is 0 Å². The molecule has 1 aromatic heterocycles. The van der Waals surface area contributed by atoms with E-state index >= 15 is 0 Å². The number of anilines is 1. The largest absolute Gasteiger partial charge is 0.399 e. The van der Waals surface area contributed by atoms with Crippen LogP contribution in [0.5, 0.6) is 0 Å². The highest BCUT2D eigenvalue weighted by Crippen LogP contribution is 2.36. The zero-order valence-electron chi connectivity index (χ0n) is 13.2. The van der Waals surface area contributed by atoms with E-state index in [1.54, 1.807) is 0 Å². The minimum atomic E-state index is 0.558. The summed E-state index contributed by atoms with van der Waals surface area (Å²) in [6.45, 7) is 8.23. The fourth-order valence-corrected chi connectivity index (χ4v) is 3.51. The molecule has 4 heteroatoms. The molecule has 1 aromatic carbocycles. The molecule has 4 nitrogen and oxygen atoms in total. The Morgan fingerprint density at radius 1 is 1.33 bits per heavy atom. The molecule has 21 heavy (non-hydrogen) atoms. The smallest absolute Gasteiger partial charge is 0.108 e. The summed E-state index contributed by atoms with van der Waals surface area (Å²) in [5.41, 5.74) is 9.21. The summed E-state index contributed by atoms with van der Waals surface area (Å²) < 4.78 is 0. The maximum Gasteiger partial charge on any atom is 0.108 e. The number of likely N-dealkylation sites (tertiary alicyclic amines) is 1. The van der Waals surface area contributed by atoms with Crippen molar-refractivity contribution in [1.82, 2.24) is 14.9 Å². The van der Waals surface area contributed by atoms with Crippen molar-refractivity contribution in [3.63, 3.8) is 0 Å². The molecule has 0 aliphatic carbocycles. The molecule has 3 N–H and O–H groups in total. The zero-order chi connectivity index (χ0) is 14.9. The van der Waals surface area contributed by atoms with E-state index in [0.717, 1.165) is 35.5 Å². The number of hydrogen-bond acceptors (Lipinski definition) is 3. The van der Waals surface area contributed by atoms with E-state index in [1.165, 1.54) is 32.4 Å². The fraction of sp³-hybridized carbons (Fsp3) is 0.588. The minimum absolute atomic E-state index is 0.558. The van der Waals surface area contributed by atoms with Crippen LogP contribution in [-0.4, -0.2) is 34.5 Å². The van der Waals surface area contributed by atoms with Crippen LogP contribution >= 0.6 is 0 Å². The van der Waals surface area contributed by atoms with E-state index in [-0.39, 0.29) is 0 Å². The average molecular weight is 286 g/mol. The van der Waals surface area contributed by atoms with E-state index in [0.29, 0.717) is 5.41 Å². The first kappa shape index (κ1) is 14.4. The van der Waals surface area contributed by atoms with Gasteiger partial charge in [-0.25, -0.2) is 4.98 Å². The van der Waals surface area contributed by atoms with Gasteiger partial charge < -0.3 is 15.6 Å². The second kappa shape index (κ2) is 5.68. The number of aromatic nitrogens is 2. The standard InChI is InChI=1S/C17H26N4/c1-3-17(4-2)8-10-21(12-17)9-7-16-19-14-6-5-13(18)11-15(14)20-16/h5-6,11H,3-4,7-10,12,18H2,1-2H3,(H,19,20). The van der Waals surface area contributed by atoms with Gasteiger partial charge in [0.25, 0.3) is 0 Å². The second-order valence-corrected chi connectivity index (χ2v) is 6.44. The molecule has 0 unspecified atom stereocenters. The Bertz CT molecular complexity index is 612. The number of fused-ring (bicyclic) bond motifs is 1. The van der Waals surface area contributed by atoms with Crippen LogP contribution in [0.4, 0.5) is 5.69 Å². The molecule has 1 fully saturated rings. The summed E-state index contributed by atoms with van der Waals surface area (Å²) in [7, 11) is 0. The first-order valence-electron chi connectivity index (χ1n) is 8.10. The van der Waals surface area contributed by atoms with E-state index < -0.39 is 0 Å². The van der Waals surface area contributed by atoms with Crippen LogP contribution in [0, 0.1) is 5.41 Å². The quantitative estimate of drug-likeness (QED) is 0.830. The van der Waals surface area contributed by atoms with Gasteiger partial charge in [0.1, 0.15) is 5.82 Å². The molecule has 2 aromatic rings. The predicted octanol–water partition coefficient (Wildman–Crippen LogP) is 3.20. The molecule has 0 saturated carbocycles. The fourth-order valence-electron chi connectivity index (χ4n) is 3.51. The highest BCUT2D eigenvalue weighted by molar-refractivity contribution is 5.78. The number of rotatable bonds is 5. The zero-order valence-corrected chi connectivity index (χ0v) is 13.2. The van der Waals surface area contributed by atoms with Gasteiger partial charge in [-0.05, 0) is 49.4 Å². The van der Waals surface area contributed by atoms with Crippen LogP contribution < -0.4 is 5.73 Å². The van der Waals surface area contributed by atoms with Gasteiger partial charge >= 0.3 is 0 Å². The third-order valence-electron chi connectivity index (χ3n) is 5.24. The van der Waals surface area contributed by atoms with Crippen molar-refractivity contribution in [2.24, 2.45) is 5.41 Å². The van der Waals surface area contributed by atoms with Crippen LogP contribution in [-0.2, 0) is 6.42 Å². The first-order valence-corrected chi connectivity index (χ1v) is 8.10. The molecule has 0 atom stereocenters. The van der Waals surface area contributed by atoms with E-state index in [9.17, 15) is 0 Å². The summed E-state index contributed by atoms with van der Waals surface area (Å²) in [5.74, 6) is 1.07. The Morgan fingerprint density at radius 3 is 2.86 bits per heavy atom. The molecule has 1 saturated heterocycles. The lowest BCUT2D eigenvalue weighted by Gasteiger charge is -2.26. The summed E-state index contributed by atoms with van der Waals surface area (Å²) in [5, 5.41) is 0. The first-order chi connectivity index (χ1) is 10.1. The van der Waals surface area contributed by atoms with Crippen molar-refractivity contribution in [2.75, 3.05) is 25.4 Å². The molecule has 3 rings (SSSR count). The molecule has 1 aliphatic rings. The monoisotopic (exact) mass is 286 g/mol. The van der Waals surface area contributed by atoms with Crippen molar-refractivity contribution < 1.29 is 0 Å².